The van der Waals surface area contributed by atoms with Gasteiger partial charge in [-0.2, -0.15) is 0 Å². The summed E-state index contributed by atoms with van der Waals surface area (Å²) in [6, 6.07) is 28.3. The molecule has 1 spiro atoms. The highest BCUT2D eigenvalue weighted by Gasteiger charge is 2.50. The molecule has 4 aromatic carbocycles. The van der Waals surface area contributed by atoms with Crippen molar-refractivity contribution in [1.29, 1.82) is 0 Å². The quantitative estimate of drug-likeness (QED) is 0.0558. The summed E-state index contributed by atoms with van der Waals surface area (Å²) in [7, 11) is -4.59. The molecular formula is C58H68N8O9S. The molecule has 2 aliphatic carbocycles. The molecule has 18 heteroatoms. The zero-order chi connectivity index (χ0) is 52.8. The van der Waals surface area contributed by atoms with Crippen LogP contribution in [-0.4, -0.2) is 108 Å². The molecule has 0 bridgehead atoms. The third-order valence-electron chi connectivity index (χ3n) is 16.8. The van der Waals surface area contributed by atoms with Gasteiger partial charge < -0.3 is 34.5 Å². The zero-order valence-corrected chi connectivity index (χ0v) is 44.3. The van der Waals surface area contributed by atoms with Crippen LogP contribution in [0.2, 0.25) is 0 Å². The Morgan fingerprint density at radius 3 is 2.53 bits per heavy atom. The molecule has 4 fully saturated rings. The van der Waals surface area contributed by atoms with Crippen LogP contribution in [-0.2, 0) is 16.6 Å². The largest absolute Gasteiger partial charge is 0.486 e. The Morgan fingerprint density at radius 2 is 1.74 bits per heavy atom. The van der Waals surface area contributed by atoms with Crippen molar-refractivity contribution in [3.8, 4) is 23.0 Å². The fraction of sp³-hybridized carbons (Fsp3) is 0.448. The van der Waals surface area contributed by atoms with E-state index in [2.05, 4.69) is 85.0 Å². The number of piperazine rings is 1. The molecule has 2 aromatic heterocycles. The van der Waals surface area contributed by atoms with E-state index in [1.54, 1.807) is 30.6 Å². The lowest BCUT2D eigenvalue weighted by Gasteiger charge is -2.58. The van der Waals surface area contributed by atoms with Crippen molar-refractivity contribution >= 4 is 44.0 Å². The maximum Gasteiger partial charge on any atom is 0.293 e. The molecule has 5 aliphatic rings. The average Bonchev–Trinajstić information content (AvgIpc) is 3.92. The molecule has 2 saturated heterocycles. The summed E-state index contributed by atoms with van der Waals surface area (Å²) in [5.74, 6) is 1.84. The topological polar surface area (TPSA) is 205 Å². The summed E-state index contributed by atoms with van der Waals surface area (Å²) in [5, 5.41) is 26.5. The molecule has 5 heterocycles. The number of piperidine rings is 1. The van der Waals surface area contributed by atoms with Gasteiger partial charge in [-0.15, -0.1) is 0 Å². The number of amides is 1. The first kappa shape index (κ1) is 51.4. The number of para-hydroxylation sites is 1. The van der Waals surface area contributed by atoms with E-state index in [0.29, 0.717) is 56.0 Å². The van der Waals surface area contributed by atoms with Gasteiger partial charge in [0.05, 0.1) is 27.2 Å². The Balaban J connectivity index is 0.780. The van der Waals surface area contributed by atoms with Crippen LogP contribution in [0, 0.1) is 21.4 Å². The monoisotopic (exact) mass is 1050 g/mol. The van der Waals surface area contributed by atoms with Gasteiger partial charge in [-0.3, -0.25) is 24.7 Å². The van der Waals surface area contributed by atoms with Crippen molar-refractivity contribution in [3.63, 3.8) is 0 Å². The third-order valence-corrected chi connectivity index (χ3v) is 18.1. The molecule has 6 aromatic rings. The maximum atomic E-state index is 14.1. The number of ether oxygens (including phenoxy) is 3. The van der Waals surface area contributed by atoms with Gasteiger partial charge in [-0.25, -0.2) is 18.1 Å². The maximum absolute atomic E-state index is 14.1. The second-order valence-corrected chi connectivity index (χ2v) is 24.0. The number of nitrogens with zero attached hydrogens (tertiary/aromatic N) is 5. The van der Waals surface area contributed by atoms with Gasteiger partial charge in [-0.1, -0.05) is 50.2 Å². The molecule has 0 radical (unpaired) electrons. The number of H-pyrrole nitrogens is 1. The molecule has 76 heavy (non-hydrogen) atoms. The van der Waals surface area contributed by atoms with Gasteiger partial charge >= 0.3 is 0 Å². The van der Waals surface area contributed by atoms with E-state index in [1.807, 2.05) is 25.1 Å². The second kappa shape index (κ2) is 21.0. The average molecular weight is 1050 g/mol. The van der Waals surface area contributed by atoms with Gasteiger partial charge in [0.1, 0.15) is 36.0 Å². The minimum atomic E-state index is -4.59. The van der Waals surface area contributed by atoms with E-state index >= 15 is 0 Å². The van der Waals surface area contributed by atoms with Crippen molar-refractivity contribution in [2.24, 2.45) is 11.3 Å². The molecule has 11 rings (SSSR count). The zero-order valence-electron chi connectivity index (χ0n) is 43.5. The number of hydrogen-bond acceptors (Lipinski definition) is 14. The number of fused-ring (bicyclic) bond motifs is 2. The number of carbonyl (C=O) groups excluding carboxylic acids is 1. The predicted octanol–water partition coefficient (Wildman–Crippen LogP) is 9.94. The van der Waals surface area contributed by atoms with Gasteiger partial charge in [0.25, 0.3) is 21.6 Å². The number of aromatic amines is 1. The number of aliphatic hydroxyl groups is 1. The molecule has 4 N–H and O–H groups in total. The molecule has 3 aliphatic heterocycles. The Hall–Kier alpha value is -6.73. The summed E-state index contributed by atoms with van der Waals surface area (Å²) in [6.45, 7) is 13.2. The normalized spacial score (nSPS) is 22.1. The van der Waals surface area contributed by atoms with Crippen molar-refractivity contribution in [3.05, 3.63) is 136 Å². The molecule has 400 valence electrons. The van der Waals surface area contributed by atoms with E-state index in [9.17, 15) is 28.4 Å². The molecule has 17 nitrogen and oxygen atoms in total. The van der Waals surface area contributed by atoms with Crippen LogP contribution in [0.3, 0.4) is 0 Å². The summed E-state index contributed by atoms with van der Waals surface area (Å²) < 4.78 is 48.4. The van der Waals surface area contributed by atoms with E-state index in [4.69, 9.17) is 14.2 Å². The van der Waals surface area contributed by atoms with Crippen LogP contribution in [0.5, 0.6) is 23.0 Å². The number of benzene rings is 4. The Morgan fingerprint density at radius 1 is 0.947 bits per heavy atom. The number of rotatable bonds is 15. The molecule has 1 amide bonds. The van der Waals surface area contributed by atoms with Crippen LogP contribution < -0.4 is 29.1 Å². The number of aromatic nitrogens is 2. The highest BCUT2D eigenvalue weighted by atomic mass is 32.2. The van der Waals surface area contributed by atoms with Crippen molar-refractivity contribution in [2.75, 3.05) is 62.7 Å². The van der Waals surface area contributed by atoms with Crippen molar-refractivity contribution in [2.45, 2.75) is 107 Å². The highest BCUT2D eigenvalue weighted by Crippen LogP contribution is 2.54. The number of nitro groups is 1. The van der Waals surface area contributed by atoms with Gasteiger partial charge in [0.2, 0.25) is 0 Å². The SMILES string of the molecule is CC(C)c1ccccc1C1CN(Cc2cccc3c2OCCO3)CCN1C1CC2(CCN(c3ccc(C(=O)NS(=O)(=O)c4ccc(NCC5CCC(C)(O)CC5)c([N+](=O)[O-])c4)c(Oc4cnc5[nH]ccc5c4)c3)CC2)C1. The number of carbonyl (C=O) groups is 1. The third kappa shape index (κ3) is 10.8. The lowest BCUT2D eigenvalue weighted by Crippen LogP contribution is -2.60. The van der Waals surface area contributed by atoms with Crippen LogP contribution in [0.15, 0.2) is 108 Å². The fourth-order valence-electron chi connectivity index (χ4n) is 12.4. The number of nitrogens with one attached hydrogen (secondary N) is 3. The van der Waals surface area contributed by atoms with E-state index in [0.717, 1.165) is 106 Å². The summed E-state index contributed by atoms with van der Waals surface area (Å²) in [4.78, 5) is 40.5. The number of anilines is 2. The summed E-state index contributed by atoms with van der Waals surface area (Å²) >= 11 is 0. The molecule has 2 saturated carbocycles. The molecular weight excluding hydrogens is 985 g/mol. The van der Waals surface area contributed by atoms with Crippen molar-refractivity contribution < 1.29 is 37.5 Å². The number of sulfonamides is 1. The lowest BCUT2D eigenvalue weighted by atomic mass is 9.59. The number of pyridine rings is 1. The minimum Gasteiger partial charge on any atom is -0.486 e. The first-order valence-electron chi connectivity index (χ1n) is 26.9. The van der Waals surface area contributed by atoms with Gasteiger partial charge in [0.15, 0.2) is 11.5 Å². The second-order valence-electron chi connectivity index (χ2n) is 22.3. The predicted molar refractivity (Wildman–Crippen MR) is 291 cm³/mol. The molecule has 1 unspecified atom stereocenters. The first-order valence-corrected chi connectivity index (χ1v) is 28.3. The number of hydrogen-bond donors (Lipinski definition) is 4. The summed E-state index contributed by atoms with van der Waals surface area (Å²) in [6.07, 6.45) is 10.4. The van der Waals surface area contributed by atoms with Crippen LogP contribution in [0.4, 0.5) is 17.1 Å². The number of nitro benzene ring substituents is 1. The Kier molecular flexibility index (Phi) is 14.2. The first-order chi connectivity index (χ1) is 36.6. The van der Waals surface area contributed by atoms with Crippen LogP contribution in [0.1, 0.15) is 111 Å². The standard InChI is InChI=1S/C58H68N8O9S/c1-38(2)46-8-4-5-9-47(46)51-37-63(36-41-7-6-10-52-54(41)74-28-27-73-52)25-26-65(51)43-32-58(33-43)20-23-64(24-21-58)42-11-13-48(53(30-42)75-44-29-40-17-22-59-55(40)61-35-44)56(67)62-76(71,72)45-12-14-49(50(31-45)66(69)70)60-34-39-15-18-57(3,68)19-16-39/h4-14,17,22,29-31,35,38-39,43,51,60,68H,15-16,18-21,23-28,32-34,36-37H2,1-3H3,(H,59,61)(H,62,67). The fourth-order valence-corrected chi connectivity index (χ4v) is 13.4. The smallest absolute Gasteiger partial charge is 0.293 e. The van der Waals surface area contributed by atoms with Gasteiger partial charge in [-0.05, 0) is 129 Å². The minimum absolute atomic E-state index is 0.0322. The van der Waals surface area contributed by atoms with Crippen LogP contribution >= 0.6 is 0 Å². The highest BCUT2D eigenvalue weighted by molar-refractivity contribution is 7.90. The van der Waals surface area contributed by atoms with Gasteiger partial charge in [0, 0.05) is 92.9 Å². The molecule has 1 atom stereocenters. The van der Waals surface area contributed by atoms with E-state index in [-0.39, 0.29) is 34.4 Å². The van der Waals surface area contributed by atoms with Crippen LogP contribution in [0.25, 0.3) is 11.0 Å². The van der Waals surface area contributed by atoms with E-state index in [1.165, 1.54) is 28.8 Å². The van der Waals surface area contributed by atoms with Crippen molar-refractivity contribution in [1.82, 2.24) is 24.5 Å². The summed E-state index contributed by atoms with van der Waals surface area (Å²) in [5.41, 5.74) is 4.69. The Labute approximate surface area is 444 Å². The van der Waals surface area contributed by atoms with E-state index < -0.39 is 37.0 Å². The Bertz CT molecular complexity index is 3230. The lowest BCUT2D eigenvalue weighted by molar-refractivity contribution is -0.384.